The van der Waals surface area contributed by atoms with Crippen molar-refractivity contribution in [2.24, 2.45) is 10.7 Å². The molecule has 0 spiro atoms. The average Bonchev–Trinajstić information content (AvgIpc) is 3.01. The largest absolute Gasteiger partial charge is 0.502 e. The van der Waals surface area contributed by atoms with Gasteiger partial charge in [0.1, 0.15) is 5.84 Å². The lowest BCUT2D eigenvalue weighted by atomic mass is 10.1. The molecule has 3 N–H and O–H groups in total. The number of hydrogen-bond donors (Lipinski definition) is 2. The molecule has 0 saturated heterocycles. The van der Waals surface area contributed by atoms with Crippen molar-refractivity contribution in [3.05, 3.63) is 33.9 Å². The first-order valence-corrected chi connectivity index (χ1v) is 4.89. The van der Waals surface area contributed by atoms with Gasteiger partial charge in [-0.2, -0.15) is 0 Å². The van der Waals surface area contributed by atoms with Gasteiger partial charge in [0.25, 0.3) is 0 Å². The molecule has 6 heteroatoms. The maximum Gasteiger partial charge on any atom is 0.311 e. The molecule has 0 unspecified atom stereocenters. The second-order valence-corrected chi connectivity index (χ2v) is 3.71. The molecule has 0 radical (unpaired) electrons. The molecule has 16 heavy (non-hydrogen) atoms. The highest BCUT2D eigenvalue weighted by molar-refractivity contribution is 5.98. The second-order valence-electron chi connectivity index (χ2n) is 3.71. The Balaban J connectivity index is 2.34. The number of benzene rings is 1. The summed E-state index contributed by atoms with van der Waals surface area (Å²) < 4.78 is 0. The molecule has 84 valence electrons. The van der Waals surface area contributed by atoms with Gasteiger partial charge in [-0.25, -0.2) is 0 Å². The number of phenolic OH excluding ortho intramolecular Hbond substituents is 1. The lowest BCUT2D eigenvalue weighted by Crippen LogP contribution is -2.14. The van der Waals surface area contributed by atoms with E-state index in [0.717, 1.165) is 12.8 Å². The van der Waals surface area contributed by atoms with Crippen LogP contribution in [-0.2, 0) is 0 Å². The Hall–Kier alpha value is -2.11. The maximum atomic E-state index is 10.6. The molecule has 1 aliphatic carbocycles. The number of phenols is 1. The van der Waals surface area contributed by atoms with Gasteiger partial charge in [-0.15, -0.1) is 0 Å². The van der Waals surface area contributed by atoms with Crippen LogP contribution >= 0.6 is 0 Å². The average molecular weight is 221 g/mol. The molecule has 0 amide bonds. The van der Waals surface area contributed by atoms with E-state index in [4.69, 9.17) is 5.73 Å². The Bertz CT molecular complexity index is 466. The van der Waals surface area contributed by atoms with Gasteiger partial charge in [-0.05, 0) is 25.0 Å². The van der Waals surface area contributed by atoms with E-state index in [1.54, 1.807) is 0 Å². The number of aromatic hydroxyl groups is 1. The molecular formula is C10H11N3O3. The minimum absolute atomic E-state index is 0.257. The van der Waals surface area contributed by atoms with Crippen molar-refractivity contribution in [2.45, 2.75) is 18.9 Å². The van der Waals surface area contributed by atoms with E-state index in [2.05, 4.69) is 4.99 Å². The van der Waals surface area contributed by atoms with Crippen molar-refractivity contribution in [2.75, 3.05) is 0 Å². The third kappa shape index (κ3) is 2.10. The summed E-state index contributed by atoms with van der Waals surface area (Å²) >= 11 is 0. The lowest BCUT2D eigenvalue weighted by Gasteiger charge is -2.01. The SMILES string of the molecule is NC(=NC1CC1)c1ccc(O)c([N+](=O)[O-])c1. The maximum absolute atomic E-state index is 10.6. The smallest absolute Gasteiger partial charge is 0.311 e. The van der Waals surface area contributed by atoms with E-state index in [9.17, 15) is 15.2 Å². The van der Waals surface area contributed by atoms with Gasteiger partial charge in [0.2, 0.25) is 0 Å². The Morgan fingerprint density at radius 3 is 2.81 bits per heavy atom. The number of hydrogen-bond acceptors (Lipinski definition) is 4. The summed E-state index contributed by atoms with van der Waals surface area (Å²) in [7, 11) is 0. The normalized spacial score (nSPS) is 16.1. The Labute approximate surface area is 91.6 Å². The van der Waals surface area contributed by atoms with E-state index in [0.29, 0.717) is 5.56 Å². The van der Waals surface area contributed by atoms with Gasteiger partial charge in [-0.1, -0.05) is 0 Å². The Morgan fingerprint density at radius 1 is 1.56 bits per heavy atom. The van der Waals surface area contributed by atoms with Crippen LogP contribution in [0.5, 0.6) is 5.75 Å². The molecule has 6 nitrogen and oxygen atoms in total. The molecule has 1 aliphatic rings. The van der Waals surface area contributed by atoms with Crippen LogP contribution in [0.4, 0.5) is 5.69 Å². The fraction of sp³-hybridized carbons (Fsp3) is 0.300. The molecule has 0 atom stereocenters. The Kier molecular flexibility index (Phi) is 2.47. The van der Waals surface area contributed by atoms with E-state index < -0.39 is 4.92 Å². The number of rotatable bonds is 3. The van der Waals surface area contributed by atoms with Crippen molar-refractivity contribution in [3.8, 4) is 5.75 Å². The van der Waals surface area contributed by atoms with Crippen LogP contribution in [-0.4, -0.2) is 21.9 Å². The monoisotopic (exact) mass is 221 g/mol. The van der Waals surface area contributed by atoms with E-state index in [-0.39, 0.29) is 23.3 Å². The highest BCUT2D eigenvalue weighted by atomic mass is 16.6. The van der Waals surface area contributed by atoms with Crippen LogP contribution in [0.2, 0.25) is 0 Å². The summed E-state index contributed by atoms with van der Waals surface area (Å²) in [6.07, 6.45) is 2.03. The summed E-state index contributed by atoms with van der Waals surface area (Å²) in [4.78, 5) is 14.1. The predicted molar refractivity (Wildman–Crippen MR) is 58.5 cm³/mol. The number of aliphatic imine (C=N–C) groups is 1. The van der Waals surface area contributed by atoms with Gasteiger partial charge in [0.05, 0.1) is 11.0 Å². The van der Waals surface area contributed by atoms with Gasteiger partial charge in [-0.3, -0.25) is 15.1 Å². The number of nitro benzene ring substituents is 1. The zero-order valence-corrected chi connectivity index (χ0v) is 8.46. The van der Waals surface area contributed by atoms with Gasteiger partial charge in [0.15, 0.2) is 5.75 Å². The second kappa shape index (κ2) is 3.80. The summed E-state index contributed by atoms with van der Waals surface area (Å²) in [6.45, 7) is 0. The zero-order valence-electron chi connectivity index (χ0n) is 8.46. The van der Waals surface area contributed by atoms with Crippen molar-refractivity contribution < 1.29 is 10.0 Å². The third-order valence-corrected chi connectivity index (χ3v) is 2.34. The molecule has 1 aromatic carbocycles. The van der Waals surface area contributed by atoms with E-state index in [1.807, 2.05) is 0 Å². The van der Waals surface area contributed by atoms with Crippen molar-refractivity contribution in [1.82, 2.24) is 0 Å². The summed E-state index contributed by atoms with van der Waals surface area (Å²) in [6, 6.07) is 4.26. The molecule has 0 heterocycles. The first-order valence-electron chi connectivity index (χ1n) is 4.89. The fourth-order valence-corrected chi connectivity index (χ4v) is 1.30. The van der Waals surface area contributed by atoms with Crippen LogP contribution in [0.15, 0.2) is 23.2 Å². The van der Waals surface area contributed by atoms with E-state index >= 15 is 0 Å². The summed E-state index contributed by atoms with van der Waals surface area (Å²) in [5, 5.41) is 19.9. The first kappa shape index (κ1) is 10.4. The number of nitrogens with zero attached hydrogens (tertiary/aromatic N) is 2. The molecule has 1 saturated carbocycles. The van der Waals surface area contributed by atoms with Crippen LogP contribution in [0.25, 0.3) is 0 Å². The quantitative estimate of drug-likeness (QED) is 0.346. The first-order chi connectivity index (χ1) is 7.58. The molecule has 0 bridgehead atoms. The van der Waals surface area contributed by atoms with Gasteiger partial charge >= 0.3 is 5.69 Å². The van der Waals surface area contributed by atoms with Crippen LogP contribution in [0.3, 0.4) is 0 Å². The van der Waals surface area contributed by atoms with Crippen molar-refractivity contribution in [3.63, 3.8) is 0 Å². The third-order valence-electron chi connectivity index (χ3n) is 2.34. The van der Waals surface area contributed by atoms with Crippen molar-refractivity contribution >= 4 is 11.5 Å². The number of amidine groups is 1. The van der Waals surface area contributed by atoms with Crippen LogP contribution in [0, 0.1) is 10.1 Å². The van der Waals surface area contributed by atoms with Crippen LogP contribution in [0.1, 0.15) is 18.4 Å². The molecule has 0 aromatic heterocycles. The summed E-state index contributed by atoms with van der Waals surface area (Å²) in [5.41, 5.74) is 5.81. The number of nitrogens with two attached hydrogens (primary N) is 1. The highest BCUT2D eigenvalue weighted by Crippen LogP contribution is 2.27. The topological polar surface area (TPSA) is 102 Å². The lowest BCUT2D eigenvalue weighted by molar-refractivity contribution is -0.385. The minimum Gasteiger partial charge on any atom is -0.502 e. The molecule has 1 aromatic rings. The number of nitro groups is 1. The zero-order chi connectivity index (χ0) is 11.7. The summed E-state index contributed by atoms with van der Waals surface area (Å²) in [5.74, 6) is -0.0847. The van der Waals surface area contributed by atoms with Gasteiger partial charge in [0, 0.05) is 11.6 Å². The fourth-order valence-electron chi connectivity index (χ4n) is 1.30. The highest BCUT2D eigenvalue weighted by Gasteiger charge is 2.21. The minimum atomic E-state index is -0.650. The predicted octanol–water partition coefficient (Wildman–Crippen LogP) is 1.17. The van der Waals surface area contributed by atoms with Crippen LogP contribution < -0.4 is 5.73 Å². The van der Waals surface area contributed by atoms with E-state index in [1.165, 1.54) is 18.2 Å². The molecule has 1 fully saturated rings. The van der Waals surface area contributed by atoms with Crippen molar-refractivity contribution in [1.29, 1.82) is 0 Å². The molecular weight excluding hydrogens is 210 g/mol. The standard InChI is InChI=1S/C10H11N3O3/c11-10(12-7-2-3-7)6-1-4-9(14)8(5-6)13(15)16/h1,4-5,7,14H,2-3H2,(H2,11,12). The van der Waals surface area contributed by atoms with Gasteiger partial charge < -0.3 is 10.8 Å². The molecule has 0 aliphatic heterocycles. The Morgan fingerprint density at radius 2 is 2.25 bits per heavy atom. The molecule has 2 rings (SSSR count).